The maximum absolute atomic E-state index is 9.00. The third-order valence-electron chi connectivity index (χ3n) is 0.736. The van der Waals surface area contributed by atoms with Gasteiger partial charge in [-0.25, -0.2) is 0 Å². The zero-order valence-corrected chi connectivity index (χ0v) is 9.93. The van der Waals surface area contributed by atoms with E-state index in [4.69, 9.17) is 24.9 Å². The molecule has 5 nitrogen and oxygen atoms in total. The van der Waals surface area contributed by atoms with Crippen molar-refractivity contribution in [3.63, 3.8) is 0 Å². The highest BCUT2D eigenvalue weighted by molar-refractivity contribution is 5.62. The summed E-state index contributed by atoms with van der Waals surface area (Å²) >= 11 is 0. The van der Waals surface area contributed by atoms with Gasteiger partial charge in [0.25, 0.3) is 5.97 Å². The summed E-state index contributed by atoms with van der Waals surface area (Å²) in [4.78, 5) is 9.00. The zero-order valence-electron chi connectivity index (χ0n) is 9.93. The second-order valence-electron chi connectivity index (χ2n) is 2.67. The first-order valence-corrected chi connectivity index (χ1v) is 4.70. The van der Waals surface area contributed by atoms with E-state index in [1.807, 2.05) is 0 Å². The predicted octanol–water partition coefficient (Wildman–Crippen LogP) is 0.825. The number of aliphatic hydroxyl groups excluding tert-OH is 2. The lowest BCUT2D eigenvalue weighted by atomic mass is 10.5. The summed E-state index contributed by atoms with van der Waals surface area (Å²) < 4.78 is 4.90. The normalized spacial score (nSPS) is 9.75. The molecule has 0 heterocycles. The summed E-state index contributed by atoms with van der Waals surface area (Å²) in [6, 6.07) is 0. The molecule has 16 heavy (non-hydrogen) atoms. The fraction of sp³-hybridized carbons (Fsp3) is 0.545. The van der Waals surface area contributed by atoms with E-state index >= 15 is 0 Å². The summed E-state index contributed by atoms with van der Waals surface area (Å²) in [6.45, 7) is 10.7. The van der Waals surface area contributed by atoms with E-state index in [-0.39, 0.29) is 6.61 Å². The molecule has 0 bridgehead atoms. The lowest BCUT2D eigenvalue weighted by Crippen LogP contribution is -2.03. The Hall–Kier alpha value is -1.17. The molecule has 5 heteroatoms. The quantitative estimate of drug-likeness (QED) is 0.484. The molecule has 3 N–H and O–H groups in total. The van der Waals surface area contributed by atoms with Gasteiger partial charge in [0.15, 0.2) is 0 Å². The molecule has 0 saturated carbocycles. The molecule has 0 aliphatic heterocycles. The second-order valence-corrected chi connectivity index (χ2v) is 2.67. The Labute approximate surface area is 96.7 Å². The van der Waals surface area contributed by atoms with Crippen molar-refractivity contribution >= 4 is 5.97 Å². The molecule has 1 atom stereocenters. The van der Waals surface area contributed by atoms with Gasteiger partial charge in [-0.3, -0.25) is 4.79 Å². The van der Waals surface area contributed by atoms with Crippen molar-refractivity contribution in [3.8, 4) is 0 Å². The van der Waals surface area contributed by atoms with Gasteiger partial charge in [-0.1, -0.05) is 12.2 Å². The Bertz CT molecular complexity index is 154. The van der Waals surface area contributed by atoms with Crippen molar-refractivity contribution < 1.29 is 24.9 Å². The Kier molecular flexibility index (Phi) is 24.6. The maximum Gasteiger partial charge on any atom is 0.300 e. The molecule has 0 aromatic rings. The smallest absolute Gasteiger partial charge is 0.300 e. The van der Waals surface area contributed by atoms with E-state index in [1.54, 1.807) is 12.2 Å². The molecule has 0 aliphatic carbocycles. The van der Waals surface area contributed by atoms with Crippen LogP contribution >= 0.6 is 0 Å². The summed E-state index contributed by atoms with van der Waals surface area (Å²) in [6.07, 6.45) is 2.86. The van der Waals surface area contributed by atoms with Crippen LogP contribution in [0.1, 0.15) is 13.8 Å². The van der Waals surface area contributed by atoms with Gasteiger partial charge < -0.3 is 20.1 Å². The molecule has 0 fully saturated rings. The molecule has 0 aromatic carbocycles. The zero-order chi connectivity index (χ0) is 13.4. The number of hydrogen-bond acceptors (Lipinski definition) is 4. The highest BCUT2D eigenvalue weighted by atomic mass is 16.5. The number of carboxylic acid groups (broad SMARTS) is 1. The fourth-order valence-electron chi connectivity index (χ4n) is 0.235. The number of rotatable bonds is 5. The van der Waals surface area contributed by atoms with E-state index in [9.17, 15) is 0 Å². The summed E-state index contributed by atoms with van der Waals surface area (Å²) in [5.74, 6) is -0.833. The van der Waals surface area contributed by atoms with E-state index in [1.165, 1.54) is 6.92 Å². The molecule has 96 valence electrons. The van der Waals surface area contributed by atoms with Gasteiger partial charge in [0.05, 0.1) is 25.9 Å². The number of hydrogen-bond donors (Lipinski definition) is 3. The Morgan fingerprint density at radius 3 is 1.75 bits per heavy atom. The minimum Gasteiger partial charge on any atom is -0.481 e. The van der Waals surface area contributed by atoms with Gasteiger partial charge in [-0.2, -0.15) is 0 Å². The fourth-order valence-corrected chi connectivity index (χ4v) is 0.235. The highest BCUT2D eigenvalue weighted by Gasteiger charge is 1.83. The van der Waals surface area contributed by atoms with Crippen LogP contribution in [0.15, 0.2) is 25.3 Å². The van der Waals surface area contributed by atoms with Gasteiger partial charge in [0.1, 0.15) is 0 Å². The minimum atomic E-state index is -0.833. The molecule has 0 radical (unpaired) electrons. The van der Waals surface area contributed by atoms with Gasteiger partial charge in [-0.15, -0.1) is 13.2 Å². The first-order valence-electron chi connectivity index (χ1n) is 4.70. The van der Waals surface area contributed by atoms with Gasteiger partial charge in [0, 0.05) is 6.92 Å². The second kappa shape index (κ2) is 19.4. The van der Waals surface area contributed by atoms with Gasteiger partial charge >= 0.3 is 0 Å². The SMILES string of the molecule is C=CCOCC=C.CC(=O)O.CC(O)CO. The number of ether oxygens (including phenoxy) is 1. The molecule has 0 spiro atoms. The number of aliphatic carboxylic acids is 1. The van der Waals surface area contributed by atoms with E-state index < -0.39 is 12.1 Å². The van der Waals surface area contributed by atoms with E-state index in [0.29, 0.717) is 13.2 Å². The average Bonchev–Trinajstić information content (AvgIpc) is 2.19. The van der Waals surface area contributed by atoms with E-state index in [0.717, 1.165) is 6.92 Å². The van der Waals surface area contributed by atoms with Crippen LogP contribution in [0.5, 0.6) is 0 Å². The third kappa shape index (κ3) is 77.0. The van der Waals surface area contributed by atoms with Crippen molar-refractivity contribution in [2.45, 2.75) is 20.0 Å². The van der Waals surface area contributed by atoms with Crippen molar-refractivity contribution in [2.75, 3.05) is 19.8 Å². The highest BCUT2D eigenvalue weighted by Crippen LogP contribution is 1.72. The van der Waals surface area contributed by atoms with Crippen molar-refractivity contribution in [3.05, 3.63) is 25.3 Å². The first-order chi connectivity index (χ1) is 7.42. The standard InChI is InChI=1S/C6H10O.C3H8O2.C2H4O2/c1-3-5-7-6-4-2;1-3(5)2-4;1-2(3)4/h3-4H,1-2,5-6H2;3-5H,2H2,1H3;1H3,(H,3,4). The van der Waals surface area contributed by atoms with Crippen LogP contribution in [-0.4, -0.2) is 47.2 Å². The molecule has 1 unspecified atom stereocenters. The predicted molar refractivity (Wildman–Crippen MR) is 63.3 cm³/mol. The molecular weight excluding hydrogens is 212 g/mol. The summed E-state index contributed by atoms with van der Waals surface area (Å²) in [7, 11) is 0. The van der Waals surface area contributed by atoms with Crippen LogP contribution in [0.2, 0.25) is 0 Å². The van der Waals surface area contributed by atoms with Crippen molar-refractivity contribution in [1.82, 2.24) is 0 Å². The maximum atomic E-state index is 9.00. The molecule has 0 aliphatic rings. The van der Waals surface area contributed by atoms with Crippen LogP contribution in [0.4, 0.5) is 0 Å². The van der Waals surface area contributed by atoms with Crippen LogP contribution in [0.3, 0.4) is 0 Å². The van der Waals surface area contributed by atoms with Gasteiger partial charge in [-0.05, 0) is 6.92 Å². The molecule has 0 amide bonds. The number of carboxylic acids is 1. The largest absolute Gasteiger partial charge is 0.481 e. The number of carbonyl (C=O) groups is 1. The van der Waals surface area contributed by atoms with Crippen LogP contribution < -0.4 is 0 Å². The van der Waals surface area contributed by atoms with Crippen LogP contribution in [-0.2, 0) is 9.53 Å². The molecule has 0 rings (SSSR count). The Morgan fingerprint density at radius 2 is 1.62 bits per heavy atom. The summed E-state index contributed by atoms with van der Waals surface area (Å²) in [5.41, 5.74) is 0. The average molecular weight is 234 g/mol. The van der Waals surface area contributed by atoms with Crippen molar-refractivity contribution in [1.29, 1.82) is 0 Å². The molecule has 0 aromatic heterocycles. The summed E-state index contributed by atoms with van der Waals surface area (Å²) in [5, 5.41) is 23.4. The van der Waals surface area contributed by atoms with Crippen molar-refractivity contribution in [2.24, 2.45) is 0 Å². The van der Waals surface area contributed by atoms with Crippen LogP contribution in [0, 0.1) is 0 Å². The lowest BCUT2D eigenvalue weighted by Gasteiger charge is -1.90. The molecule has 0 saturated heterocycles. The molecular formula is C11H22O5. The van der Waals surface area contributed by atoms with Gasteiger partial charge in [0.2, 0.25) is 0 Å². The third-order valence-corrected chi connectivity index (χ3v) is 0.736. The number of aliphatic hydroxyl groups is 2. The first kappa shape index (κ1) is 20.3. The Balaban J connectivity index is -0.000000166. The topological polar surface area (TPSA) is 87.0 Å². The Morgan fingerprint density at radius 1 is 1.38 bits per heavy atom. The van der Waals surface area contributed by atoms with Crippen LogP contribution in [0.25, 0.3) is 0 Å². The van der Waals surface area contributed by atoms with E-state index in [2.05, 4.69) is 13.2 Å². The monoisotopic (exact) mass is 234 g/mol. The lowest BCUT2D eigenvalue weighted by molar-refractivity contribution is -0.134. The minimum absolute atomic E-state index is 0.139.